The number of H-pyrrole nitrogens is 1. The standard InChI is InChI=1S/C7H9N3O3/c1-3-13-7(11)6-5(10-12)4(2)8-9-6/h3H2,1-2H3,(H,8,9). The maximum Gasteiger partial charge on any atom is 0.361 e. The Kier molecular flexibility index (Phi) is 2.73. The highest BCUT2D eigenvalue weighted by molar-refractivity contribution is 5.93. The first-order valence-corrected chi connectivity index (χ1v) is 3.76. The minimum absolute atomic E-state index is 0.0125. The molecule has 1 aromatic heterocycles. The molecule has 0 radical (unpaired) electrons. The van der Waals surface area contributed by atoms with Gasteiger partial charge in [-0.25, -0.2) is 4.79 Å². The number of aromatic nitrogens is 2. The average molecular weight is 183 g/mol. The van der Waals surface area contributed by atoms with Crippen molar-refractivity contribution in [3.8, 4) is 0 Å². The van der Waals surface area contributed by atoms with Crippen LogP contribution in [-0.4, -0.2) is 22.8 Å². The van der Waals surface area contributed by atoms with Crippen LogP contribution in [0.4, 0.5) is 5.69 Å². The Labute approximate surface area is 74.3 Å². The van der Waals surface area contributed by atoms with Gasteiger partial charge in [0.2, 0.25) is 0 Å². The minimum Gasteiger partial charge on any atom is -0.461 e. The first kappa shape index (κ1) is 9.37. The van der Waals surface area contributed by atoms with Gasteiger partial charge in [-0.1, -0.05) is 0 Å². The summed E-state index contributed by atoms with van der Waals surface area (Å²) in [5.41, 5.74) is 0.408. The number of nitrogens with zero attached hydrogens (tertiary/aromatic N) is 2. The van der Waals surface area contributed by atoms with Crippen LogP contribution in [0.1, 0.15) is 23.1 Å². The normalized spacial score (nSPS) is 9.69. The molecule has 13 heavy (non-hydrogen) atoms. The predicted molar refractivity (Wildman–Crippen MR) is 44.7 cm³/mol. The highest BCUT2D eigenvalue weighted by Crippen LogP contribution is 2.21. The van der Waals surface area contributed by atoms with E-state index in [0.29, 0.717) is 5.69 Å². The van der Waals surface area contributed by atoms with Gasteiger partial charge in [0, 0.05) is 0 Å². The average Bonchev–Trinajstić information content (AvgIpc) is 2.47. The van der Waals surface area contributed by atoms with Crippen molar-refractivity contribution in [2.24, 2.45) is 5.18 Å². The number of ether oxygens (including phenoxy) is 1. The van der Waals surface area contributed by atoms with E-state index in [2.05, 4.69) is 20.1 Å². The molecule has 6 heteroatoms. The van der Waals surface area contributed by atoms with Crippen LogP contribution >= 0.6 is 0 Å². The number of rotatable bonds is 3. The van der Waals surface area contributed by atoms with Gasteiger partial charge in [0.15, 0.2) is 11.4 Å². The summed E-state index contributed by atoms with van der Waals surface area (Å²) in [5.74, 6) is -0.638. The number of esters is 1. The van der Waals surface area contributed by atoms with Crippen molar-refractivity contribution in [2.45, 2.75) is 13.8 Å². The quantitative estimate of drug-likeness (QED) is 0.565. The lowest BCUT2D eigenvalue weighted by atomic mass is 10.3. The first-order valence-electron chi connectivity index (χ1n) is 3.76. The number of nitrogens with one attached hydrogen (secondary N) is 1. The van der Waals surface area contributed by atoms with Crippen LogP contribution in [0.15, 0.2) is 5.18 Å². The highest BCUT2D eigenvalue weighted by Gasteiger charge is 2.19. The maximum atomic E-state index is 11.1. The Morgan fingerprint density at radius 3 is 2.92 bits per heavy atom. The second kappa shape index (κ2) is 3.79. The van der Waals surface area contributed by atoms with E-state index in [1.807, 2.05) is 0 Å². The van der Waals surface area contributed by atoms with Crippen molar-refractivity contribution >= 4 is 11.7 Å². The van der Waals surface area contributed by atoms with Crippen LogP contribution < -0.4 is 0 Å². The van der Waals surface area contributed by atoms with Crippen LogP contribution in [0, 0.1) is 11.8 Å². The van der Waals surface area contributed by atoms with Gasteiger partial charge in [0.1, 0.15) is 0 Å². The van der Waals surface area contributed by atoms with Gasteiger partial charge in [0.25, 0.3) is 0 Å². The molecule has 1 heterocycles. The van der Waals surface area contributed by atoms with Gasteiger partial charge in [-0.15, -0.1) is 4.91 Å². The molecule has 6 nitrogen and oxygen atoms in total. The molecule has 1 N–H and O–H groups in total. The van der Waals surface area contributed by atoms with Gasteiger partial charge in [-0.05, 0) is 19.0 Å². The van der Waals surface area contributed by atoms with Gasteiger partial charge in [-0.3, -0.25) is 5.10 Å². The van der Waals surface area contributed by atoms with Gasteiger partial charge < -0.3 is 4.74 Å². The molecule has 0 saturated carbocycles. The van der Waals surface area contributed by atoms with Crippen molar-refractivity contribution in [3.63, 3.8) is 0 Å². The number of hydrogen-bond donors (Lipinski definition) is 1. The number of nitroso groups, excluding NO2 is 1. The molecule has 0 spiro atoms. The molecule has 0 saturated heterocycles. The summed E-state index contributed by atoms with van der Waals surface area (Å²) in [5, 5.41) is 8.78. The summed E-state index contributed by atoms with van der Waals surface area (Å²) in [6, 6.07) is 0. The molecule has 0 aromatic carbocycles. The van der Waals surface area contributed by atoms with Crippen molar-refractivity contribution in [1.29, 1.82) is 0 Å². The lowest BCUT2D eigenvalue weighted by Gasteiger charge is -1.96. The zero-order chi connectivity index (χ0) is 9.84. The molecular formula is C7H9N3O3. The molecule has 1 rings (SSSR count). The fourth-order valence-corrected chi connectivity index (χ4v) is 0.877. The van der Waals surface area contributed by atoms with E-state index in [-0.39, 0.29) is 18.0 Å². The summed E-state index contributed by atoms with van der Waals surface area (Å²) in [6.07, 6.45) is 0. The Bertz CT molecular complexity index is 332. The molecule has 70 valence electrons. The fraction of sp³-hybridized carbons (Fsp3) is 0.429. The summed E-state index contributed by atoms with van der Waals surface area (Å²) >= 11 is 0. The third-order valence-electron chi connectivity index (χ3n) is 1.47. The SMILES string of the molecule is CCOC(=O)c1n[nH]c(C)c1N=O. The Balaban J connectivity index is 3.00. The minimum atomic E-state index is -0.638. The van der Waals surface area contributed by atoms with Crippen molar-refractivity contribution in [3.05, 3.63) is 16.3 Å². The van der Waals surface area contributed by atoms with Crippen molar-refractivity contribution in [1.82, 2.24) is 10.2 Å². The van der Waals surface area contributed by atoms with Crippen LogP contribution in [0.2, 0.25) is 0 Å². The van der Waals surface area contributed by atoms with Crippen LogP contribution in [0.3, 0.4) is 0 Å². The zero-order valence-corrected chi connectivity index (χ0v) is 7.33. The number of aromatic amines is 1. The number of carbonyl (C=O) groups excluding carboxylic acids is 1. The third kappa shape index (κ3) is 1.71. The van der Waals surface area contributed by atoms with Crippen LogP contribution in [0.5, 0.6) is 0 Å². The molecule has 0 aliphatic rings. The van der Waals surface area contributed by atoms with E-state index >= 15 is 0 Å². The Hall–Kier alpha value is -1.72. The monoisotopic (exact) mass is 183 g/mol. The van der Waals surface area contributed by atoms with Crippen molar-refractivity contribution in [2.75, 3.05) is 6.61 Å². The second-order valence-electron chi connectivity index (χ2n) is 2.36. The number of carbonyl (C=O) groups is 1. The van der Waals surface area contributed by atoms with Gasteiger partial charge >= 0.3 is 5.97 Å². The first-order chi connectivity index (χ1) is 6.20. The maximum absolute atomic E-state index is 11.1. The Morgan fingerprint density at radius 2 is 2.38 bits per heavy atom. The molecule has 1 aromatic rings. The van der Waals surface area contributed by atoms with Crippen LogP contribution in [-0.2, 0) is 4.74 Å². The van der Waals surface area contributed by atoms with Crippen LogP contribution in [0.25, 0.3) is 0 Å². The lowest BCUT2D eigenvalue weighted by molar-refractivity contribution is 0.0520. The molecule has 0 unspecified atom stereocenters. The smallest absolute Gasteiger partial charge is 0.361 e. The molecule has 0 amide bonds. The summed E-state index contributed by atoms with van der Waals surface area (Å²) in [6.45, 7) is 3.51. The fourth-order valence-electron chi connectivity index (χ4n) is 0.877. The predicted octanol–water partition coefficient (Wildman–Crippen LogP) is 1.29. The molecule has 0 bridgehead atoms. The summed E-state index contributed by atoms with van der Waals surface area (Å²) in [4.78, 5) is 21.4. The summed E-state index contributed by atoms with van der Waals surface area (Å²) < 4.78 is 4.66. The zero-order valence-electron chi connectivity index (χ0n) is 7.33. The molecule has 0 atom stereocenters. The Morgan fingerprint density at radius 1 is 1.69 bits per heavy atom. The van der Waals surface area contributed by atoms with E-state index in [9.17, 15) is 9.70 Å². The summed E-state index contributed by atoms with van der Waals surface area (Å²) in [7, 11) is 0. The van der Waals surface area contributed by atoms with E-state index < -0.39 is 5.97 Å². The molecular weight excluding hydrogens is 174 g/mol. The molecule has 0 aliphatic heterocycles. The lowest BCUT2D eigenvalue weighted by Crippen LogP contribution is -2.05. The number of hydrogen-bond acceptors (Lipinski definition) is 5. The number of aryl methyl sites for hydroxylation is 1. The largest absolute Gasteiger partial charge is 0.461 e. The molecule has 0 aliphatic carbocycles. The van der Waals surface area contributed by atoms with Gasteiger partial charge in [0.05, 0.1) is 12.3 Å². The highest BCUT2D eigenvalue weighted by atomic mass is 16.5. The third-order valence-corrected chi connectivity index (χ3v) is 1.47. The van der Waals surface area contributed by atoms with Crippen molar-refractivity contribution < 1.29 is 9.53 Å². The van der Waals surface area contributed by atoms with E-state index in [1.54, 1.807) is 13.8 Å². The second-order valence-corrected chi connectivity index (χ2v) is 2.36. The van der Waals surface area contributed by atoms with Gasteiger partial charge in [-0.2, -0.15) is 5.10 Å². The van der Waals surface area contributed by atoms with E-state index in [4.69, 9.17) is 0 Å². The topological polar surface area (TPSA) is 84.4 Å². The molecule has 0 fully saturated rings. The van der Waals surface area contributed by atoms with E-state index in [1.165, 1.54) is 0 Å². The van der Waals surface area contributed by atoms with E-state index in [0.717, 1.165) is 0 Å².